The van der Waals surface area contributed by atoms with Crippen LogP contribution < -0.4 is 9.47 Å². The number of aliphatic hydroxyl groups is 2. The van der Waals surface area contributed by atoms with Gasteiger partial charge in [0.05, 0.1) is 20.8 Å². The van der Waals surface area contributed by atoms with E-state index in [-0.39, 0.29) is 6.61 Å². The molecule has 134 valence electrons. The lowest BCUT2D eigenvalue weighted by atomic mass is 9.94. The third-order valence-electron chi connectivity index (χ3n) is 4.87. The Morgan fingerprint density at radius 2 is 1.76 bits per heavy atom. The quantitative estimate of drug-likeness (QED) is 0.872. The third kappa shape index (κ3) is 3.35. The number of rotatable bonds is 5. The van der Waals surface area contributed by atoms with Gasteiger partial charge in [0, 0.05) is 18.7 Å². The van der Waals surface area contributed by atoms with Gasteiger partial charge in [-0.05, 0) is 36.1 Å². The molecule has 2 N–H and O–H groups in total. The van der Waals surface area contributed by atoms with Crippen molar-refractivity contribution in [2.75, 3.05) is 27.4 Å². The number of aryl methyl sites for hydroxylation is 1. The molecule has 1 atom stereocenters. The third-order valence-corrected chi connectivity index (χ3v) is 4.87. The van der Waals surface area contributed by atoms with E-state index >= 15 is 0 Å². The number of ether oxygens (including phenoxy) is 2. The number of hydrogen-bond donors (Lipinski definition) is 2. The van der Waals surface area contributed by atoms with Gasteiger partial charge in [0.25, 0.3) is 0 Å². The zero-order valence-corrected chi connectivity index (χ0v) is 14.7. The first kappa shape index (κ1) is 17.7. The summed E-state index contributed by atoms with van der Waals surface area (Å²) in [6.45, 7) is 0.860. The van der Waals surface area contributed by atoms with Gasteiger partial charge in [0.2, 0.25) is 0 Å². The highest BCUT2D eigenvalue weighted by molar-refractivity contribution is 5.50. The van der Waals surface area contributed by atoms with Crippen LogP contribution >= 0.6 is 0 Å². The van der Waals surface area contributed by atoms with E-state index in [1.54, 1.807) is 20.3 Å². The van der Waals surface area contributed by atoms with Crippen molar-refractivity contribution in [3.05, 3.63) is 59.2 Å². The molecular formula is C20H25NO4. The number of aliphatic hydroxyl groups excluding tert-OH is 1. The van der Waals surface area contributed by atoms with Gasteiger partial charge >= 0.3 is 0 Å². The van der Waals surface area contributed by atoms with Gasteiger partial charge in [0.15, 0.2) is 17.2 Å². The Labute approximate surface area is 148 Å². The van der Waals surface area contributed by atoms with E-state index in [1.807, 2.05) is 41.3 Å². The number of nitrogens with zero attached hydrogens (tertiary/aromatic N) is 1. The van der Waals surface area contributed by atoms with Crippen molar-refractivity contribution in [2.45, 2.75) is 25.1 Å². The minimum absolute atomic E-state index is 0.387. The van der Waals surface area contributed by atoms with Gasteiger partial charge in [-0.3, -0.25) is 4.90 Å². The van der Waals surface area contributed by atoms with Crippen molar-refractivity contribution in [2.24, 2.45) is 0 Å². The highest BCUT2D eigenvalue weighted by Gasteiger charge is 2.40. The van der Waals surface area contributed by atoms with Crippen LogP contribution in [0.1, 0.15) is 23.1 Å². The summed E-state index contributed by atoms with van der Waals surface area (Å²) in [5.74, 6) is 1.19. The highest BCUT2D eigenvalue weighted by Crippen LogP contribution is 2.39. The first-order valence-corrected chi connectivity index (χ1v) is 8.50. The van der Waals surface area contributed by atoms with E-state index in [1.165, 1.54) is 0 Å². The number of benzene rings is 2. The summed E-state index contributed by atoms with van der Waals surface area (Å²) in [6.07, 6.45) is 1.70. The number of hydrogen-bond acceptors (Lipinski definition) is 5. The Hall–Kier alpha value is -2.08. The Morgan fingerprint density at radius 3 is 2.40 bits per heavy atom. The SMILES string of the molecule is COc1cc2c(cc1OC)C(O)(CO)N(Cc1ccccc1)CCC2. The zero-order valence-electron chi connectivity index (χ0n) is 14.7. The second kappa shape index (κ2) is 7.44. The molecule has 0 radical (unpaired) electrons. The molecule has 5 nitrogen and oxygen atoms in total. The maximum atomic E-state index is 11.4. The topological polar surface area (TPSA) is 62.2 Å². The molecule has 1 aliphatic heterocycles. The first-order chi connectivity index (χ1) is 12.1. The Bertz CT molecular complexity index is 719. The molecule has 1 unspecified atom stereocenters. The van der Waals surface area contributed by atoms with Gasteiger partial charge in [-0.2, -0.15) is 0 Å². The van der Waals surface area contributed by atoms with Gasteiger partial charge in [-0.25, -0.2) is 0 Å². The number of methoxy groups -OCH3 is 2. The second-order valence-electron chi connectivity index (χ2n) is 6.35. The van der Waals surface area contributed by atoms with Crippen molar-refractivity contribution in [1.82, 2.24) is 4.90 Å². The fourth-order valence-electron chi connectivity index (χ4n) is 3.52. The van der Waals surface area contributed by atoms with Crippen molar-refractivity contribution in [3.8, 4) is 11.5 Å². The monoisotopic (exact) mass is 343 g/mol. The lowest BCUT2D eigenvalue weighted by Crippen LogP contribution is -2.48. The Morgan fingerprint density at radius 1 is 1.08 bits per heavy atom. The van der Waals surface area contributed by atoms with Crippen LogP contribution in [0.5, 0.6) is 11.5 Å². The fraction of sp³-hybridized carbons (Fsp3) is 0.400. The maximum absolute atomic E-state index is 11.4. The Balaban J connectivity index is 2.04. The van der Waals surface area contributed by atoms with E-state index in [0.29, 0.717) is 30.2 Å². The largest absolute Gasteiger partial charge is 0.493 e. The van der Waals surface area contributed by atoms with Gasteiger partial charge < -0.3 is 19.7 Å². The molecular weight excluding hydrogens is 318 g/mol. The van der Waals surface area contributed by atoms with Crippen LogP contribution in [-0.4, -0.2) is 42.5 Å². The highest BCUT2D eigenvalue weighted by atomic mass is 16.5. The average molecular weight is 343 g/mol. The molecule has 2 aromatic carbocycles. The van der Waals surface area contributed by atoms with Gasteiger partial charge in [-0.15, -0.1) is 0 Å². The summed E-state index contributed by atoms with van der Waals surface area (Å²) in [7, 11) is 3.17. The summed E-state index contributed by atoms with van der Waals surface area (Å²) in [4.78, 5) is 1.93. The fourth-order valence-corrected chi connectivity index (χ4v) is 3.52. The molecule has 3 rings (SSSR count). The lowest BCUT2D eigenvalue weighted by Gasteiger charge is -2.38. The van der Waals surface area contributed by atoms with Crippen LogP contribution in [0.25, 0.3) is 0 Å². The van der Waals surface area contributed by atoms with Crippen molar-refractivity contribution in [3.63, 3.8) is 0 Å². The molecule has 0 spiro atoms. The van der Waals surface area contributed by atoms with Crippen LogP contribution in [-0.2, 0) is 18.7 Å². The summed E-state index contributed by atoms with van der Waals surface area (Å²) < 4.78 is 10.8. The normalized spacial score (nSPS) is 20.6. The molecule has 0 bridgehead atoms. The van der Waals surface area contributed by atoms with Gasteiger partial charge in [0.1, 0.15) is 0 Å². The maximum Gasteiger partial charge on any atom is 0.168 e. The molecule has 25 heavy (non-hydrogen) atoms. The van der Waals surface area contributed by atoms with Crippen LogP contribution in [0.3, 0.4) is 0 Å². The smallest absolute Gasteiger partial charge is 0.168 e. The molecule has 0 aromatic heterocycles. The van der Waals surface area contributed by atoms with E-state index in [0.717, 1.165) is 24.0 Å². The molecule has 0 fully saturated rings. The predicted molar refractivity (Wildman–Crippen MR) is 95.7 cm³/mol. The zero-order chi connectivity index (χ0) is 17.9. The summed E-state index contributed by atoms with van der Waals surface area (Å²) >= 11 is 0. The second-order valence-corrected chi connectivity index (χ2v) is 6.35. The first-order valence-electron chi connectivity index (χ1n) is 8.50. The van der Waals surface area contributed by atoms with Crippen LogP contribution in [0.15, 0.2) is 42.5 Å². The molecule has 0 saturated carbocycles. The van der Waals surface area contributed by atoms with Gasteiger partial charge in [-0.1, -0.05) is 30.3 Å². The van der Waals surface area contributed by atoms with Crippen LogP contribution in [0.4, 0.5) is 0 Å². The summed E-state index contributed by atoms with van der Waals surface area (Å²) in [6, 6.07) is 13.7. The average Bonchev–Trinajstić information content (AvgIpc) is 2.79. The minimum Gasteiger partial charge on any atom is -0.493 e. The van der Waals surface area contributed by atoms with Crippen LogP contribution in [0, 0.1) is 0 Å². The molecule has 1 heterocycles. The minimum atomic E-state index is -1.46. The lowest BCUT2D eigenvalue weighted by molar-refractivity contribution is -0.149. The molecule has 0 amide bonds. The molecule has 2 aromatic rings. The number of fused-ring (bicyclic) bond motifs is 1. The van der Waals surface area contributed by atoms with Crippen LogP contribution in [0.2, 0.25) is 0 Å². The molecule has 1 aliphatic rings. The summed E-state index contributed by atoms with van der Waals surface area (Å²) in [5.41, 5.74) is 1.30. The van der Waals surface area contributed by atoms with Crippen molar-refractivity contribution in [1.29, 1.82) is 0 Å². The Kier molecular flexibility index (Phi) is 5.27. The molecule has 0 aliphatic carbocycles. The molecule has 0 saturated heterocycles. The molecule has 5 heteroatoms. The summed E-state index contributed by atoms with van der Waals surface area (Å²) in [5, 5.41) is 21.5. The van der Waals surface area contributed by atoms with Crippen molar-refractivity contribution < 1.29 is 19.7 Å². The van der Waals surface area contributed by atoms with E-state index < -0.39 is 5.72 Å². The standard InChI is InChI=1S/C20H25NO4/c1-24-18-11-16-9-6-10-21(13-15-7-4-3-5-8-15)20(23,14-22)17(16)12-19(18)25-2/h3-5,7-8,11-12,22-23H,6,9-10,13-14H2,1-2H3. The van der Waals surface area contributed by atoms with Crippen molar-refractivity contribution >= 4 is 0 Å². The van der Waals surface area contributed by atoms with E-state index in [4.69, 9.17) is 9.47 Å². The van der Waals surface area contributed by atoms with E-state index in [2.05, 4.69) is 0 Å². The van der Waals surface area contributed by atoms with E-state index in [9.17, 15) is 10.2 Å². The predicted octanol–water partition coefficient (Wildman–Crippen LogP) is 2.29.